The van der Waals surface area contributed by atoms with Crippen molar-refractivity contribution in [3.63, 3.8) is 0 Å². The van der Waals surface area contributed by atoms with E-state index in [4.69, 9.17) is 11.6 Å². The van der Waals surface area contributed by atoms with Crippen molar-refractivity contribution in [1.82, 2.24) is 24.5 Å². The van der Waals surface area contributed by atoms with Gasteiger partial charge in [-0.25, -0.2) is 4.68 Å². The Morgan fingerprint density at radius 3 is 2.73 bits per heavy atom. The largest absolute Gasteiger partial charge is 0.308 e. The lowest BCUT2D eigenvalue weighted by molar-refractivity contribution is 0.542. The van der Waals surface area contributed by atoms with E-state index in [1.54, 1.807) is 29.3 Å². The summed E-state index contributed by atoms with van der Waals surface area (Å²) in [5.74, 6) is 0. The molecule has 3 rings (SSSR count). The quantitative estimate of drug-likeness (QED) is 0.740. The SMILES string of the molecule is C[C@H](c1ccncc1)n1cc(Cn2cc(Cl)ccc2=O)nn1. The van der Waals surface area contributed by atoms with E-state index in [0.717, 1.165) is 5.56 Å². The number of rotatable bonds is 4. The summed E-state index contributed by atoms with van der Waals surface area (Å²) in [6.45, 7) is 2.36. The van der Waals surface area contributed by atoms with Gasteiger partial charge in [0.25, 0.3) is 5.56 Å². The molecule has 1 atom stereocenters. The number of hydrogen-bond donors (Lipinski definition) is 0. The predicted octanol–water partition coefficient (Wildman–Crippen LogP) is 2.15. The summed E-state index contributed by atoms with van der Waals surface area (Å²) < 4.78 is 3.27. The fourth-order valence-corrected chi connectivity index (χ4v) is 2.35. The molecule has 0 unspecified atom stereocenters. The van der Waals surface area contributed by atoms with E-state index < -0.39 is 0 Å². The molecule has 0 aliphatic carbocycles. The Morgan fingerprint density at radius 1 is 1.18 bits per heavy atom. The molecule has 3 aromatic heterocycles. The van der Waals surface area contributed by atoms with Gasteiger partial charge in [0.15, 0.2) is 0 Å². The molecule has 0 saturated heterocycles. The van der Waals surface area contributed by atoms with Gasteiger partial charge in [0.1, 0.15) is 5.69 Å². The molecule has 0 N–H and O–H groups in total. The topological polar surface area (TPSA) is 65.6 Å². The van der Waals surface area contributed by atoms with Crippen LogP contribution in [0.4, 0.5) is 0 Å². The summed E-state index contributed by atoms with van der Waals surface area (Å²) in [4.78, 5) is 15.8. The number of nitrogens with zero attached hydrogens (tertiary/aromatic N) is 5. The van der Waals surface area contributed by atoms with Gasteiger partial charge in [0.2, 0.25) is 0 Å². The van der Waals surface area contributed by atoms with Gasteiger partial charge in [-0.05, 0) is 30.7 Å². The minimum atomic E-state index is -0.124. The lowest BCUT2D eigenvalue weighted by Crippen LogP contribution is -2.18. The molecule has 3 aromatic rings. The fraction of sp³-hybridized carbons (Fsp3) is 0.200. The van der Waals surface area contributed by atoms with Crippen molar-refractivity contribution in [1.29, 1.82) is 0 Å². The van der Waals surface area contributed by atoms with Gasteiger partial charge in [-0.3, -0.25) is 9.78 Å². The van der Waals surface area contributed by atoms with Crippen LogP contribution in [0.2, 0.25) is 5.02 Å². The Kier molecular flexibility index (Phi) is 4.02. The lowest BCUT2D eigenvalue weighted by atomic mass is 10.1. The number of pyridine rings is 2. The van der Waals surface area contributed by atoms with Crippen molar-refractivity contribution in [2.45, 2.75) is 19.5 Å². The lowest BCUT2D eigenvalue weighted by Gasteiger charge is -2.10. The molecule has 22 heavy (non-hydrogen) atoms. The normalized spacial score (nSPS) is 12.3. The molecule has 0 bridgehead atoms. The zero-order valence-electron chi connectivity index (χ0n) is 11.9. The second kappa shape index (κ2) is 6.11. The van der Waals surface area contributed by atoms with E-state index in [1.165, 1.54) is 10.6 Å². The van der Waals surface area contributed by atoms with Crippen LogP contribution in [0.1, 0.15) is 24.2 Å². The Balaban J connectivity index is 1.82. The molecule has 112 valence electrons. The van der Waals surface area contributed by atoms with Crippen molar-refractivity contribution in [2.75, 3.05) is 0 Å². The minimum Gasteiger partial charge on any atom is -0.308 e. The molecule has 0 fully saturated rings. The van der Waals surface area contributed by atoms with E-state index in [0.29, 0.717) is 17.3 Å². The molecule has 0 saturated carbocycles. The molecule has 0 radical (unpaired) electrons. The molecule has 0 amide bonds. The Labute approximate surface area is 132 Å². The van der Waals surface area contributed by atoms with Crippen molar-refractivity contribution in [3.05, 3.63) is 75.7 Å². The highest BCUT2D eigenvalue weighted by atomic mass is 35.5. The standard InChI is InChI=1S/C15H14ClN5O/c1-11(12-4-6-17-7-5-12)21-10-14(18-19-21)9-20-8-13(16)2-3-15(20)22/h2-8,10-11H,9H2,1H3/t11-/m1/s1. The van der Waals surface area contributed by atoms with E-state index in [2.05, 4.69) is 15.3 Å². The van der Waals surface area contributed by atoms with Crippen LogP contribution >= 0.6 is 11.6 Å². The van der Waals surface area contributed by atoms with Gasteiger partial charge in [-0.2, -0.15) is 0 Å². The van der Waals surface area contributed by atoms with E-state index in [9.17, 15) is 4.79 Å². The smallest absolute Gasteiger partial charge is 0.250 e. The molecule has 3 heterocycles. The van der Waals surface area contributed by atoms with Crippen LogP contribution in [-0.4, -0.2) is 24.5 Å². The third-order valence-electron chi connectivity index (χ3n) is 3.42. The highest BCUT2D eigenvalue weighted by Gasteiger charge is 2.11. The molecular formula is C15H14ClN5O. The second-order valence-corrected chi connectivity index (χ2v) is 5.40. The molecule has 0 aliphatic rings. The maximum Gasteiger partial charge on any atom is 0.250 e. The third kappa shape index (κ3) is 3.07. The molecule has 6 nitrogen and oxygen atoms in total. The summed E-state index contributed by atoms with van der Waals surface area (Å²) in [5, 5.41) is 8.77. The van der Waals surface area contributed by atoms with Gasteiger partial charge < -0.3 is 4.57 Å². The van der Waals surface area contributed by atoms with Gasteiger partial charge >= 0.3 is 0 Å². The van der Waals surface area contributed by atoms with Crippen LogP contribution in [0, 0.1) is 0 Å². The summed E-state index contributed by atoms with van der Waals surface area (Å²) in [5.41, 5.74) is 1.66. The molecule has 0 aliphatic heterocycles. The monoisotopic (exact) mass is 315 g/mol. The minimum absolute atomic E-state index is 0.0420. The summed E-state index contributed by atoms with van der Waals surface area (Å²) in [7, 11) is 0. The third-order valence-corrected chi connectivity index (χ3v) is 3.65. The van der Waals surface area contributed by atoms with Crippen LogP contribution < -0.4 is 5.56 Å². The molecule has 0 spiro atoms. The Hall–Kier alpha value is -2.47. The van der Waals surface area contributed by atoms with Gasteiger partial charge in [-0.1, -0.05) is 16.8 Å². The summed E-state index contributed by atoms with van der Waals surface area (Å²) >= 11 is 5.91. The maximum atomic E-state index is 11.8. The highest BCUT2D eigenvalue weighted by Crippen LogP contribution is 2.15. The first-order valence-corrected chi connectivity index (χ1v) is 7.18. The summed E-state index contributed by atoms with van der Waals surface area (Å²) in [6.07, 6.45) is 6.91. The maximum absolute atomic E-state index is 11.8. The fourth-order valence-electron chi connectivity index (χ4n) is 2.17. The van der Waals surface area contributed by atoms with Crippen LogP contribution in [0.5, 0.6) is 0 Å². The van der Waals surface area contributed by atoms with Gasteiger partial charge in [0, 0.05) is 24.7 Å². The number of halogens is 1. The van der Waals surface area contributed by atoms with E-state index >= 15 is 0 Å². The average molecular weight is 316 g/mol. The number of aromatic nitrogens is 5. The first-order valence-electron chi connectivity index (χ1n) is 6.80. The Morgan fingerprint density at radius 2 is 1.95 bits per heavy atom. The first-order chi connectivity index (χ1) is 10.6. The van der Waals surface area contributed by atoms with Crippen LogP contribution in [0.15, 0.2) is 53.8 Å². The molecule has 7 heteroatoms. The van der Waals surface area contributed by atoms with Gasteiger partial charge in [0.05, 0.1) is 23.8 Å². The number of hydrogen-bond acceptors (Lipinski definition) is 4. The first kappa shape index (κ1) is 14.5. The predicted molar refractivity (Wildman–Crippen MR) is 82.9 cm³/mol. The highest BCUT2D eigenvalue weighted by molar-refractivity contribution is 6.30. The van der Waals surface area contributed by atoms with Crippen molar-refractivity contribution in [2.24, 2.45) is 0 Å². The zero-order chi connectivity index (χ0) is 15.5. The Bertz CT molecular complexity index is 827. The zero-order valence-corrected chi connectivity index (χ0v) is 12.7. The summed E-state index contributed by atoms with van der Waals surface area (Å²) in [6, 6.07) is 6.93. The van der Waals surface area contributed by atoms with Crippen molar-refractivity contribution >= 4 is 11.6 Å². The van der Waals surface area contributed by atoms with E-state index in [-0.39, 0.29) is 11.6 Å². The van der Waals surface area contributed by atoms with Crippen LogP contribution in [0.3, 0.4) is 0 Å². The van der Waals surface area contributed by atoms with Crippen LogP contribution in [-0.2, 0) is 6.54 Å². The average Bonchev–Trinajstić information content (AvgIpc) is 2.99. The van der Waals surface area contributed by atoms with E-state index in [1.807, 2.05) is 25.3 Å². The van der Waals surface area contributed by atoms with Gasteiger partial charge in [-0.15, -0.1) is 5.10 Å². The molecular weight excluding hydrogens is 302 g/mol. The second-order valence-electron chi connectivity index (χ2n) is 4.96. The molecule has 0 aromatic carbocycles. The van der Waals surface area contributed by atoms with Crippen molar-refractivity contribution < 1.29 is 0 Å². The van der Waals surface area contributed by atoms with Crippen molar-refractivity contribution in [3.8, 4) is 0 Å². The van der Waals surface area contributed by atoms with Crippen LogP contribution in [0.25, 0.3) is 0 Å².